The summed E-state index contributed by atoms with van der Waals surface area (Å²) in [5.41, 5.74) is 1.92. The molecule has 4 atom stereocenters. The lowest BCUT2D eigenvalue weighted by molar-refractivity contribution is -0.146. The normalized spacial score (nSPS) is 31.1. The van der Waals surface area contributed by atoms with Crippen molar-refractivity contribution in [1.82, 2.24) is 10.2 Å². The van der Waals surface area contributed by atoms with Gasteiger partial charge >= 0.3 is 5.97 Å². The standard InChI is InChI=1S/C28H40N2O5/c1-16(2)17-14-18-20(23(34-6)22(17)33-5)28-11-9-10-27(3,4)25(28)24(35-26(28)32)21(18)29-19(31)15-30-12-7-8-13-30/h14,16,21,24-25H,7-13,15H2,1-6H3,(H,29,31). The lowest BCUT2D eigenvalue weighted by atomic mass is 9.49. The Morgan fingerprint density at radius 2 is 1.83 bits per heavy atom. The van der Waals surface area contributed by atoms with E-state index in [0.29, 0.717) is 18.0 Å². The van der Waals surface area contributed by atoms with Crippen LogP contribution in [-0.2, 0) is 19.7 Å². The monoisotopic (exact) mass is 484 g/mol. The molecule has 2 aliphatic heterocycles. The van der Waals surface area contributed by atoms with Gasteiger partial charge < -0.3 is 19.5 Å². The molecule has 2 bridgehead atoms. The Balaban J connectivity index is 1.70. The van der Waals surface area contributed by atoms with Crippen LogP contribution in [0.5, 0.6) is 11.5 Å². The second kappa shape index (κ2) is 8.68. The Morgan fingerprint density at radius 3 is 2.46 bits per heavy atom. The van der Waals surface area contributed by atoms with Crippen molar-refractivity contribution < 1.29 is 23.8 Å². The van der Waals surface area contributed by atoms with E-state index in [-0.39, 0.29) is 29.1 Å². The van der Waals surface area contributed by atoms with Gasteiger partial charge in [0.15, 0.2) is 11.5 Å². The Morgan fingerprint density at radius 1 is 1.14 bits per heavy atom. The Bertz CT molecular complexity index is 1030. The molecule has 4 aliphatic rings. The second-order valence-electron chi connectivity index (χ2n) is 11.8. The van der Waals surface area contributed by atoms with Crippen LogP contribution in [0.3, 0.4) is 0 Å². The number of fused-ring (bicyclic) bond motifs is 1. The van der Waals surface area contributed by atoms with Crippen molar-refractivity contribution in [2.45, 2.75) is 83.3 Å². The van der Waals surface area contributed by atoms with Crippen LogP contribution in [0.2, 0.25) is 0 Å². The third kappa shape index (κ3) is 3.56. The van der Waals surface area contributed by atoms with E-state index in [1.807, 2.05) is 0 Å². The minimum atomic E-state index is -0.786. The van der Waals surface area contributed by atoms with E-state index in [9.17, 15) is 9.59 Å². The van der Waals surface area contributed by atoms with E-state index in [0.717, 1.165) is 61.9 Å². The number of amides is 1. The van der Waals surface area contributed by atoms with Gasteiger partial charge in [-0.3, -0.25) is 14.5 Å². The van der Waals surface area contributed by atoms with E-state index < -0.39 is 17.6 Å². The minimum absolute atomic E-state index is 0.0206. The zero-order valence-electron chi connectivity index (χ0n) is 22.0. The van der Waals surface area contributed by atoms with Crippen molar-refractivity contribution >= 4 is 11.9 Å². The highest BCUT2D eigenvalue weighted by Gasteiger charge is 2.70. The van der Waals surface area contributed by atoms with Crippen LogP contribution in [0, 0.1) is 11.3 Å². The summed E-state index contributed by atoms with van der Waals surface area (Å²) in [6.07, 6.45) is 4.54. The van der Waals surface area contributed by atoms with Crippen LogP contribution < -0.4 is 14.8 Å². The van der Waals surface area contributed by atoms with Crippen LogP contribution in [-0.4, -0.2) is 56.7 Å². The van der Waals surface area contributed by atoms with Gasteiger partial charge in [-0.2, -0.15) is 0 Å². The van der Waals surface area contributed by atoms with Crippen LogP contribution in [0.1, 0.15) is 88.4 Å². The van der Waals surface area contributed by atoms with Gasteiger partial charge in [-0.15, -0.1) is 0 Å². The van der Waals surface area contributed by atoms with Crippen molar-refractivity contribution in [2.75, 3.05) is 33.9 Å². The predicted octanol–water partition coefficient (Wildman–Crippen LogP) is 4.08. The van der Waals surface area contributed by atoms with E-state index in [4.69, 9.17) is 14.2 Å². The first-order chi connectivity index (χ1) is 16.7. The lowest BCUT2D eigenvalue weighted by Gasteiger charge is -2.52. The maximum Gasteiger partial charge on any atom is 0.317 e. The number of methoxy groups -OCH3 is 2. The largest absolute Gasteiger partial charge is 0.493 e. The number of hydrogen-bond donors (Lipinski definition) is 1. The summed E-state index contributed by atoms with van der Waals surface area (Å²) in [4.78, 5) is 29.3. The Hall–Kier alpha value is -2.28. The van der Waals surface area contributed by atoms with Crippen LogP contribution in [0.25, 0.3) is 0 Å². The smallest absolute Gasteiger partial charge is 0.317 e. The highest BCUT2D eigenvalue weighted by molar-refractivity contribution is 5.91. The van der Waals surface area contributed by atoms with Gasteiger partial charge in [-0.1, -0.05) is 34.1 Å². The zero-order valence-corrected chi connectivity index (χ0v) is 22.0. The first kappa shape index (κ1) is 24.4. The van der Waals surface area contributed by atoms with Crippen molar-refractivity contribution in [3.05, 3.63) is 22.8 Å². The molecule has 0 aromatic heterocycles. The maximum absolute atomic E-state index is 13.8. The fraction of sp³-hybridized carbons (Fsp3) is 0.714. The summed E-state index contributed by atoms with van der Waals surface area (Å²) in [7, 11) is 3.30. The molecule has 1 N–H and O–H groups in total. The number of nitrogens with zero attached hydrogens (tertiary/aromatic N) is 1. The SMILES string of the molecule is COc1c(C(C)C)cc2c(c1OC)C13CCCC(C)(C)C1C(OC3=O)C2NC(=O)CN1CCCC1. The van der Waals surface area contributed by atoms with E-state index in [1.54, 1.807) is 14.2 Å². The van der Waals surface area contributed by atoms with Gasteiger partial charge in [0, 0.05) is 17.0 Å². The molecule has 3 fully saturated rings. The van der Waals surface area contributed by atoms with Crippen LogP contribution >= 0.6 is 0 Å². The quantitative estimate of drug-likeness (QED) is 0.613. The third-order valence-corrected chi connectivity index (χ3v) is 9.02. The van der Waals surface area contributed by atoms with Crippen LogP contribution in [0.15, 0.2) is 6.07 Å². The van der Waals surface area contributed by atoms with Gasteiger partial charge in [-0.05, 0) is 61.7 Å². The molecule has 0 spiro atoms. The second-order valence-corrected chi connectivity index (χ2v) is 11.8. The maximum atomic E-state index is 13.8. The molecule has 2 aliphatic carbocycles. The Kier molecular flexibility index (Phi) is 6.06. The molecular formula is C28H40N2O5. The molecule has 1 aromatic rings. The third-order valence-electron chi connectivity index (χ3n) is 9.02. The highest BCUT2D eigenvalue weighted by Crippen LogP contribution is 2.66. The van der Waals surface area contributed by atoms with Crippen molar-refractivity contribution in [1.29, 1.82) is 0 Å². The van der Waals surface area contributed by atoms with Gasteiger partial charge in [-0.25, -0.2) is 0 Å². The first-order valence-corrected chi connectivity index (χ1v) is 13.2. The summed E-state index contributed by atoms with van der Waals surface area (Å²) in [6.45, 7) is 11.0. The molecule has 5 rings (SSSR count). The topological polar surface area (TPSA) is 77.1 Å². The molecule has 2 heterocycles. The highest BCUT2D eigenvalue weighted by atomic mass is 16.6. The van der Waals surface area contributed by atoms with Gasteiger partial charge in [0.2, 0.25) is 5.91 Å². The minimum Gasteiger partial charge on any atom is -0.493 e. The van der Waals surface area contributed by atoms with Crippen molar-refractivity contribution in [3.8, 4) is 11.5 Å². The summed E-state index contributed by atoms with van der Waals surface area (Å²) in [6, 6.07) is 1.72. The number of carbonyl (C=O) groups excluding carboxylic acids is 2. The first-order valence-electron chi connectivity index (χ1n) is 13.2. The molecule has 7 heteroatoms. The number of benzene rings is 1. The molecular weight excluding hydrogens is 444 g/mol. The molecule has 0 radical (unpaired) electrons. The number of nitrogens with one attached hydrogen (secondary N) is 1. The van der Waals surface area contributed by atoms with E-state index >= 15 is 0 Å². The molecule has 1 aromatic carbocycles. The average molecular weight is 485 g/mol. The van der Waals surface area contributed by atoms with E-state index in [2.05, 4.69) is 44.0 Å². The molecule has 4 unspecified atom stereocenters. The fourth-order valence-corrected chi connectivity index (χ4v) is 7.62. The average Bonchev–Trinajstić information content (AvgIpc) is 3.40. The lowest BCUT2D eigenvalue weighted by Crippen LogP contribution is -2.56. The van der Waals surface area contributed by atoms with Crippen molar-refractivity contribution in [3.63, 3.8) is 0 Å². The molecule has 1 amide bonds. The fourth-order valence-electron chi connectivity index (χ4n) is 7.62. The van der Waals surface area contributed by atoms with Crippen molar-refractivity contribution in [2.24, 2.45) is 11.3 Å². The molecule has 35 heavy (non-hydrogen) atoms. The summed E-state index contributed by atoms with van der Waals surface area (Å²) >= 11 is 0. The number of rotatable bonds is 6. The number of hydrogen-bond acceptors (Lipinski definition) is 6. The molecule has 192 valence electrons. The van der Waals surface area contributed by atoms with E-state index in [1.165, 1.54) is 0 Å². The molecule has 1 saturated carbocycles. The van der Waals surface area contributed by atoms with Gasteiger partial charge in [0.1, 0.15) is 11.5 Å². The summed E-state index contributed by atoms with van der Waals surface area (Å²) < 4.78 is 18.2. The van der Waals surface area contributed by atoms with Gasteiger partial charge in [0.25, 0.3) is 0 Å². The molecule has 7 nitrogen and oxygen atoms in total. The zero-order chi connectivity index (χ0) is 25.1. The molecule has 2 saturated heterocycles. The summed E-state index contributed by atoms with van der Waals surface area (Å²) in [5.74, 6) is 1.22. The Labute approximate surface area is 208 Å². The number of likely N-dealkylation sites (tertiary alicyclic amines) is 1. The summed E-state index contributed by atoms with van der Waals surface area (Å²) in [5, 5.41) is 3.32. The predicted molar refractivity (Wildman–Crippen MR) is 133 cm³/mol. The van der Waals surface area contributed by atoms with Crippen LogP contribution in [0.4, 0.5) is 0 Å². The van der Waals surface area contributed by atoms with Gasteiger partial charge in [0.05, 0.1) is 26.8 Å². The number of carbonyl (C=O) groups is 2. The number of ether oxygens (including phenoxy) is 3. The number of esters is 1.